The number of carbonyl (C=O) groups excluding carboxylic acids is 1. The number of amides is 1. The predicted octanol–water partition coefficient (Wildman–Crippen LogP) is -0.859. The van der Waals surface area contributed by atoms with E-state index in [-0.39, 0.29) is 5.82 Å². The molecule has 0 saturated carbocycles. The second kappa shape index (κ2) is 4.17. The molecule has 1 heterocycles. The van der Waals surface area contributed by atoms with E-state index in [1.165, 1.54) is 6.92 Å². The average molecular weight is 213 g/mol. The summed E-state index contributed by atoms with van der Waals surface area (Å²) in [5, 5.41) is 10.5. The molecule has 0 aliphatic rings. The topological polar surface area (TPSA) is 130 Å². The van der Waals surface area contributed by atoms with Crippen molar-refractivity contribution >= 4 is 17.4 Å². The lowest BCUT2D eigenvalue weighted by atomic mass is 10.5. The van der Waals surface area contributed by atoms with Crippen LogP contribution in [0.25, 0.3) is 0 Å². The highest BCUT2D eigenvalue weighted by atomic mass is 16.6. The van der Waals surface area contributed by atoms with Crippen LogP contribution in [0.4, 0.5) is 11.5 Å². The Morgan fingerprint density at radius 1 is 1.67 bits per heavy atom. The highest BCUT2D eigenvalue weighted by Crippen LogP contribution is 2.12. The summed E-state index contributed by atoms with van der Waals surface area (Å²) in [6.45, 7) is 1.20. The van der Waals surface area contributed by atoms with E-state index in [4.69, 9.17) is 0 Å². The normalized spacial score (nSPS) is 9.40. The van der Waals surface area contributed by atoms with Gasteiger partial charge in [-0.1, -0.05) is 0 Å². The molecule has 0 radical (unpaired) electrons. The number of nitrogens with zero attached hydrogens (tertiary/aromatic N) is 2. The van der Waals surface area contributed by atoms with Crippen LogP contribution in [-0.2, 0) is 4.79 Å². The van der Waals surface area contributed by atoms with E-state index in [1.807, 2.05) is 4.98 Å². The van der Waals surface area contributed by atoms with Crippen LogP contribution in [0.2, 0.25) is 0 Å². The Balaban J connectivity index is 3.06. The van der Waals surface area contributed by atoms with Gasteiger partial charge in [0.15, 0.2) is 0 Å². The number of aromatic nitrogens is 2. The standard InChI is InChI=1S/C6H7N5O4/c1-3(12)9-10-5-4(11(14)15)6(13)8-2-7-5/h2H,1H3,(H,9,12)(H2,7,8,10,13). The van der Waals surface area contributed by atoms with Crippen molar-refractivity contribution in [3.63, 3.8) is 0 Å². The SMILES string of the molecule is CC(=O)NNc1nc[nH]c(=O)c1[N+](=O)[O-]. The number of hydrazine groups is 1. The number of hydrogen-bond acceptors (Lipinski definition) is 6. The lowest BCUT2D eigenvalue weighted by Crippen LogP contribution is -2.29. The van der Waals surface area contributed by atoms with Crippen LogP contribution in [0, 0.1) is 10.1 Å². The van der Waals surface area contributed by atoms with Crippen molar-refractivity contribution in [1.29, 1.82) is 0 Å². The smallest absolute Gasteiger partial charge is 0.307 e. The number of nitrogens with one attached hydrogen (secondary N) is 3. The molecule has 1 aromatic heterocycles. The van der Waals surface area contributed by atoms with Gasteiger partial charge in [-0.25, -0.2) is 4.98 Å². The molecule has 9 nitrogen and oxygen atoms in total. The molecule has 0 spiro atoms. The molecule has 0 atom stereocenters. The maximum absolute atomic E-state index is 11.0. The Kier molecular flexibility index (Phi) is 2.96. The number of aromatic amines is 1. The van der Waals surface area contributed by atoms with E-state index in [0.29, 0.717) is 0 Å². The molecular formula is C6H7N5O4. The summed E-state index contributed by atoms with van der Waals surface area (Å²) in [4.78, 5) is 36.7. The van der Waals surface area contributed by atoms with Crippen LogP contribution in [0.15, 0.2) is 11.1 Å². The average Bonchev–Trinajstić information content (AvgIpc) is 2.13. The minimum absolute atomic E-state index is 0.320. The lowest BCUT2D eigenvalue weighted by molar-refractivity contribution is -0.385. The van der Waals surface area contributed by atoms with Gasteiger partial charge in [0.1, 0.15) is 0 Å². The number of rotatable bonds is 3. The molecule has 9 heteroatoms. The zero-order valence-corrected chi connectivity index (χ0v) is 7.60. The number of hydrogen-bond donors (Lipinski definition) is 3. The van der Waals surface area contributed by atoms with E-state index in [1.54, 1.807) is 0 Å². The van der Waals surface area contributed by atoms with Gasteiger partial charge in [0.25, 0.3) is 0 Å². The Hall–Kier alpha value is -2.45. The van der Waals surface area contributed by atoms with Crippen molar-refractivity contribution in [1.82, 2.24) is 15.4 Å². The number of anilines is 1. The van der Waals surface area contributed by atoms with Gasteiger partial charge in [-0.2, -0.15) is 0 Å². The summed E-state index contributed by atoms with van der Waals surface area (Å²) in [5.41, 5.74) is 2.58. The second-order valence-electron chi connectivity index (χ2n) is 2.49. The van der Waals surface area contributed by atoms with Crippen LogP contribution in [0.5, 0.6) is 0 Å². The van der Waals surface area contributed by atoms with Crippen LogP contribution < -0.4 is 16.4 Å². The predicted molar refractivity (Wildman–Crippen MR) is 49.0 cm³/mol. The number of H-pyrrole nitrogens is 1. The minimum Gasteiger partial charge on any atom is -0.307 e. The van der Waals surface area contributed by atoms with Gasteiger partial charge in [0.05, 0.1) is 11.3 Å². The zero-order chi connectivity index (χ0) is 11.4. The van der Waals surface area contributed by atoms with Gasteiger partial charge in [0, 0.05) is 6.92 Å². The first-order chi connectivity index (χ1) is 7.02. The first-order valence-electron chi connectivity index (χ1n) is 3.77. The molecule has 1 amide bonds. The van der Waals surface area contributed by atoms with Crippen LogP contribution in [0.1, 0.15) is 6.92 Å². The largest absolute Gasteiger partial charge is 0.377 e. The van der Waals surface area contributed by atoms with Crippen LogP contribution in [-0.4, -0.2) is 20.8 Å². The zero-order valence-electron chi connectivity index (χ0n) is 7.60. The first-order valence-corrected chi connectivity index (χ1v) is 3.77. The van der Waals surface area contributed by atoms with Gasteiger partial charge in [-0.15, -0.1) is 0 Å². The van der Waals surface area contributed by atoms with Gasteiger partial charge >= 0.3 is 11.2 Å². The van der Waals surface area contributed by atoms with E-state index >= 15 is 0 Å². The fourth-order valence-electron chi connectivity index (χ4n) is 0.801. The van der Waals surface area contributed by atoms with Crippen molar-refractivity contribution in [2.24, 2.45) is 0 Å². The Morgan fingerprint density at radius 2 is 2.33 bits per heavy atom. The Labute approximate surface area is 82.6 Å². The quantitative estimate of drug-likeness (QED) is 0.442. The highest BCUT2D eigenvalue weighted by Gasteiger charge is 2.20. The molecule has 1 aromatic rings. The minimum atomic E-state index is -0.900. The Morgan fingerprint density at radius 3 is 2.87 bits per heavy atom. The first kappa shape index (κ1) is 10.6. The summed E-state index contributed by atoms with van der Waals surface area (Å²) in [6, 6.07) is 0. The van der Waals surface area contributed by atoms with Crippen LogP contribution in [0.3, 0.4) is 0 Å². The van der Waals surface area contributed by atoms with Gasteiger partial charge in [-0.3, -0.25) is 30.6 Å². The number of nitro groups is 1. The molecule has 0 saturated heterocycles. The summed E-state index contributed by atoms with van der Waals surface area (Å²) in [5.74, 6) is -0.787. The molecule has 0 aliphatic carbocycles. The van der Waals surface area contributed by atoms with Crippen molar-refractivity contribution in [3.8, 4) is 0 Å². The fourth-order valence-corrected chi connectivity index (χ4v) is 0.801. The third-order valence-electron chi connectivity index (χ3n) is 1.37. The molecule has 0 unspecified atom stereocenters. The van der Waals surface area contributed by atoms with Gasteiger partial charge in [0.2, 0.25) is 11.7 Å². The van der Waals surface area contributed by atoms with E-state index in [9.17, 15) is 19.7 Å². The van der Waals surface area contributed by atoms with E-state index < -0.39 is 22.1 Å². The molecule has 80 valence electrons. The molecule has 1 rings (SSSR count). The highest BCUT2D eigenvalue weighted by molar-refractivity contribution is 5.74. The summed E-state index contributed by atoms with van der Waals surface area (Å²) < 4.78 is 0. The van der Waals surface area contributed by atoms with E-state index in [2.05, 4.69) is 15.8 Å². The molecule has 0 bridgehead atoms. The third kappa shape index (κ3) is 2.49. The molecule has 0 aliphatic heterocycles. The van der Waals surface area contributed by atoms with Gasteiger partial charge < -0.3 is 4.98 Å². The monoisotopic (exact) mass is 213 g/mol. The van der Waals surface area contributed by atoms with Crippen molar-refractivity contribution in [2.45, 2.75) is 6.92 Å². The molecule has 0 aromatic carbocycles. The van der Waals surface area contributed by atoms with Gasteiger partial charge in [-0.05, 0) is 0 Å². The van der Waals surface area contributed by atoms with Crippen molar-refractivity contribution in [2.75, 3.05) is 5.43 Å². The molecule has 3 N–H and O–H groups in total. The molecular weight excluding hydrogens is 206 g/mol. The summed E-state index contributed by atoms with van der Waals surface area (Å²) >= 11 is 0. The third-order valence-corrected chi connectivity index (χ3v) is 1.37. The second-order valence-corrected chi connectivity index (χ2v) is 2.49. The Bertz CT molecular complexity index is 453. The fraction of sp³-hybridized carbons (Fsp3) is 0.167. The van der Waals surface area contributed by atoms with Crippen molar-refractivity contribution < 1.29 is 9.72 Å². The maximum Gasteiger partial charge on any atom is 0.377 e. The lowest BCUT2D eigenvalue weighted by Gasteiger charge is -2.04. The van der Waals surface area contributed by atoms with E-state index in [0.717, 1.165) is 6.33 Å². The van der Waals surface area contributed by atoms with Crippen molar-refractivity contribution in [3.05, 3.63) is 26.8 Å². The van der Waals surface area contributed by atoms with Crippen LogP contribution >= 0.6 is 0 Å². The number of carbonyl (C=O) groups is 1. The maximum atomic E-state index is 11.0. The summed E-state index contributed by atoms with van der Waals surface area (Å²) in [6.07, 6.45) is 0.986. The summed E-state index contributed by atoms with van der Waals surface area (Å²) in [7, 11) is 0. The molecule has 0 fully saturated rings. The molecule has 15 heavy (non-hydrogen) atoms.